The lowest BCUT2D eigenvalue weighted by atomic mass is 9.80. The molecule has 2 heterocycles. The highest BCUT2D eigenvalue weighted by molar-refractivity contribution is 9.10. The summed E-state index contributed by atoms with van der Waals surface area (Å²) in [6.45, 7) is 0. The lowest BCUT2D eigenvalue weighted by molar-refractivity contribution is -0.120. The number of rotatable bonds is 3. The van der Waals surface area contributed by atoms with Crippen LogP contribution >= 0.6 is 31.9 Å². The number of carbonyl (C=O) groups is 1. The third-order valence-electron chi connectivity index (χ3n) is 4.23. The number of hydrogen-bond donors (Lipinski definition) is 1. The van der Waals surface area contributed by atoms with E-state index in [4.69, 9.17) is 0 Å². The highest BCUT2D eigenvalue weighted by atomic mass is 79.9. The highest BCUT2D eigenvalue weighted by Crippen LogP contribution is 2.36. The van der Waals surface area contributed by atoms with Crippen LogP contribution in [0.2, 0.25) is 0 Å². The fourth-order valence-corrected chi connectivity index (χ4v) is 3.69. The van der Waals surface area contributed by atoms with E-state index in [9.17, 15) is 4.79 Å². The Labute approximate surface area is 152 Å². The normalized spacial score (nSPS) is 21.0. The van der Waals surface area contributed by atoms with Crippen LogP contribution < -0.4 is 5.32 Å². The van der Waals surface area contributed by atoms with Gasteiger partial charge in [-0.15, -0.1) is 0 Å². The van der Waals surface area contributed by atoms with E-state index in [1.165, 1.54) is 0 Å². The molecule has 4 nitrogen and oxygen atoms in total. The molecule has 0 spiro atoms. The van der Waals surface area contributed by atoms with Crippen molar-refractivity contribution in [2.45, 2.75) is 31.6 Å². The molecule has 6 heteroatoms. The van der Waals surface area contributed by atoms with Crippen molar-refractivity contribution < 1.29 is 4.79 Å². The van der Waals surface area contributed by atoms with Crippen molar-refractivity contribution >= 4 is 43.6 Å². The van der Waals surface area contributed by atoms with Gasteiger partial charge in [0, 0.05) is 38.9 Å². The Morgan fingerprint density at radius 3 is 2.30 bits per heavy atom. The summed E-state index contributed by atoms with van der Waals surface area (Å²) in [5.74, 6) is 1.16. The summed E-state index contributed by atoms with van der Waals surface area (Å²) in [7, 11) is 0. The third-order valence-corrected chi connectivity index (χ3v) is 5.22. The number of nitrogens with one attached hydrogen (secondary N) is 1. The number of nitrogens with zero attached hydrogens (tertiary/aromatic N) is 2. The average Bonchev–Trinajstić information content (AvgIpc) is 2.55. The fraction of sp³-hybridized carbons (Fsp3) is 0.353. The SMILES string of the molecule is O=C(Nc1cc(Br)ccn1)C1CCC(c2cc(Br)ccn2)CC1. The number of anilines is 1. The van der Waals surface area contributed by atoms with Crippen molar-refractivity contribution in [2.24, 2.45) is 5.92 Å². The first-order valence-electron chi connectivity index (χ1n) is 7.65. The van der Waals surface area contributed by atoms with Crippen LogP contribution in [0.15, 0.2) is 45.6 Å². The van der Waals surface area contributed by atoms with Crippen LogP contribution in [0.25, 0.3) is 0 Å². The van der Waals surface area contributed by atoms with Gasteiger partial charge in [0.15, 0.2) is 0 Å². The van der Waals surface area contributed by atoms with Crippen LogP contribution in [0.1, 0.15) is 37.3 Å². The molecule has 1 aliphatic rings. The molecule has 0 atom stereocenters. The largest absolute Gasteiger partial charge is 0.310 e. The van der Waals surface area contributed by atoms with Gasteiger partial charge in [0.1, 0.15) is 5.82 Å². The van der Waals surface area contributed by atoms with Crippen LogP contribution in [-0.4, -0.2) is 15.9 Å². The van der Waals surface area contributed by atoms with Crippen LogP contribution in [0.5, 0.6) is 0 Å². The quantitative estimate of drug-likeness (QED) is 0.740. The molecule has 0 bridgehead atoms. The Kier molecular flexibility index (Phi) is 5.43. The second kappa shape index (κ2) is 7.53. The maximum atomic E-state index is 12.4. The molecule has 2 aromatic rings. The monoisotopic (exact) mass is 437 g/mol. The van der Waals surface area contributed by atoms with Crippen LogP contribution in [-0.2, 0) is 4.79 Å². The van der Waals surface area contributed by atoms with Gasteiger partial charge in [-0.25, -0.2) is 4.98 Å². The van der Waals surface area contributed by atoms with Gasteiger partial charge in [-0.2, -0.15) is 0 Å². The molecule has 1 amide bonds. The van der Waals surface area contributed by atoms with Gasteiger partial charge in [-0.1, -0.05) is 31.9 Å². The summed E-state index contributed by atoms with van der Waals surface area (Å²) in [6, 6.07) is 7.67. The van der Waals surface area contributed by atoms with E-state index in [0.717, 1.165) is 40.3 Å². The van der Waals surface area contributed by atoms with Gasteiger partial charge in [0.05, 0.1) is 0 Å². The van der Waals surface area contributed by atoms with Crippen molar-refractivity contribution in [3.05, 3.63) is 51.3 Å². The minimum atomic E-state index is 0.0548. The van der Waals surface area contributed by atoms with E-state index in [-0.39, 0.29) is 11.8 Å². The van der Waals surface area contributed by atoms with E-state index in [1.54, 1.807) is 6.20 Å². The number of hydrogen-bond acceptors (Lipinski definition) is 3. The third kappa shape index (κ3) is 4.38. The summed E-state index contributed by atoms with van der Waals surface area (Å²) >= 11 is 6.88. The predicted octanol–water partition coefficient (Wildman–Crippen LogP) is 4.91. The molecule has 0 radical (unpaired) electrons. The second-order valence-electron chi connectivity index (χ2n) is 5.80. The predicted molar refractivity (Wildman–Crippen MR) is 97.2 cm³/mol. The molecule has 1 aliphatic carbocycles. The standard InChI is InChI=1S/C17H17Br2N3O/c18-13-5-7-20-15(9-13)11-1-3-12(4-2-11)17(23)22-16-10-14(19)6-8-21-16/h5-12H,1-4H2,(H,21,22,23). The molecule has 120 valence electrons. The molecule has 23 heavy (non-hydrogen) atoms. The number of amides is 1. The number of pyridine rings is 2. The second-order valence-corrected chi connectivity index (χ2v) is 7.63. The summed E-state index contributed by atoms with van der Waals surface area (Å²) < 4.78 is 1.97. The number of aromatic nitrogens is 2. The molecular weight excluding hydrogens is 422 g/mol. The first-order valence-corrected chi connectivity index (χ1v) is 9.24. The Hall–Kier alpha value is -1.27. The van der Waals surface area contributed by atoms with Gasteiger partial charge in [-0.3, -0.25) is 9.78 Å². The van der Waals surface area contributed by atoms with E-state index in [2.05, 4.69) is 53.2 Å². The summed E-state index contributed by atoms with van der Waals surface area (Å²) in [5, 5.41) is 2.91. The van der Waals surface area contributed by atoms with Gasteiger partial charge in [0.2, 0.25) is 5.91 Å². The van der Waals surface area contributed by atoms with Gasteiger partial charge in [0.25, 0.3) is 0 Å². The Balaban J connectivity index is 1.57. The molecule has 1 fully saturated rings. The van der Waals surface area contributed by atoms with E-state index >= 15 is 0 Å². The average molecular weight is 439 g/mol. The summed E-state index contributed by atoms with van der Waals surface area (Å²) in [6.07, 6.45) is 7.27. The molecule has 1 saturated carbocycles. The van der Waals surface area contributed by atoms with Gasteiger partial charge >= 0.3 is 0 Å². The van der Waals surface area contributed by atoms with Crippen molar-refractivity contribution in [1.29, 1.82) is 0 Å². The minimum absolute atomic E-state index is 0.0548. The Bertz CT molecular complexity index is 700. The highest BCUT2D eigenvalue weighted by Gasteiger charge is 2.28. The molecule has 0 unspecified atom stereocenters. The number of carbonyl (C=O) groups excluding carboxylic acids is 1. The van der Waals surface area contributed by atoms with Crippen molar-refractivity contribution in [2.75, 3.05) is 5.32 Å². The van der Waals surface area contributed by atoms with E-state index < -0.39 is 0 Å². The molecule has 0 aliphatic heterocycles. The maximum absolute atomic E-state index is 12.4. The van der Waals surface area contributed by atoms with Crippen LogP contribution in [0.3, 0.4) is 0 Å². The zero-order valence-electron chi connectivity index (χ0n) is 12.5. The van der Waals surface area contributed by atoms with Gasteiger partial charge < -0.3 is 5.32 Å². The number of halogens is 2. The van der Waals surface area contributed by atoms with E-state index in [1.807, 2.05) is 24.4 Å². The Morgan fingerprint density at radius 1 is 1.00 bits per heavy atom. The van der Waals surface area contributed by atoms with Gasteiger partial charge in [-0.05, 0) is 49.9 Å². The summed E-state index contributed by atoms with van der Waals surface area (Å²) in [5.41, 5.74) is 1.12. The fourth-order valence-electron chi connectivity index (χ4n) is 3.00. The summed E-state index contributed by atoms with van der Waals surface area (Å²) in [4.78, 5) is 21.0. The molecule has 1 N–H and O–H groups in total. The minimum Gasteiger partial charge on any atom is -0.310 e. The molecule has 0 saturated heterocycles. The molecule has 3 rings (SSSR count). The lowest BCUT2D eigenvalue weighted by Crippen LogP contribution is -2.27. The molecule has 0 aromatic carbocycles. The van der Waals surface area contributed by atoms with Crippen molar-refractivity contribution in [3.63, 3.8) is 0 Å². The molecular formula is C17H17Br2N3O. The topological polar surface area (TPSA) is 54.9 Å². The smallest absolute Gasteiger partial charge is 0.228 e. The first-order chi connectivity index (χ1) is 11.1. The van der Waals surface area contributed by atoms with Crippen LogP contribution in [0.4, 0.5) is 5.82 Å². The zero-order chi connectivity index (χ0) is 16.2. The van der Waals surface area contributed by atoms with Crippen LogP contribution in [0, 0.1) is 5.92 Å². The maximum Gasteiger partial charge on any atom is 0.228 e. The first kappa shape index (κ1) is 16.6. The molecule has 2 aromatic heterocycles. The lowest BCUT2D eigenvalue weighted by Gasteiger charge is -2.27. The van der Waals surface area contributed by atoms with Crippen molar-refractivity contribution in [1.82, 2.24) is 9.97 Å². The van der Waals surface area contributed by atoms with Crippen molar-refractivity contribution in [3.8, 4) is 0 Å². The zero-order valence-corrected chi connectivity index (χ0v) is 15.7. The Morgan fingerprint density at radius 2 is 1.65 bits per heavy atom. The van der Waals surface area contributed by atoms with E-state index in [0.29, 0.717) is 11.7 Å².